The Morgan fingerprint density at radius 2 is 2.11 bits per heavy atom. The molecule has 0 amide bonds. The lowest BCUT2D eigenvalue weighted by Gasteiger charge is -2.18. The maximum Gasteiger partial charge on any atom is 0.329 e. The van der Waals surface area contributed by atoms with Crippen LogP contribution in [0.1, 0.15) is 33.2 Å². The first-order chi connectivity index (χ1) is 8.86. The first-order valence-electron chi connectivity index (χ1n) is 5.97. The summed E-state index contributed by atoms with van der Waals surface area (Å²) in [6.07, 6.45) is 1.69. The number of carbonyl (C=O) groups is 1. The Morgan fingerprint density at radius 1 is 1.47 bits per heavy atom. The van der Waals surface area contributed by atoms with Crippen molar-refractivity contribution in [1.82, 2.24) is 9.55 Å². The van der Waals surface area contributed by atoms with Crippen LogP contribution < -0.4 is 5.56 Å². The van der Waals surface area contributed by atoms with Crippen molar-refractivity contribution in [2.75, 3.05) is 6.61 Å². The lowest BCUT2D eigenvalue weighted by Crippen LogP contribution is -2.32. The Hall–Kier alpha value is -1.07. The minimum atomic E-state index is -0.746. The number of aromatic nitrogens is 2. The second-order valence-electron chi connectivity index (χ2n) is 4.51. The molecule has 0 saturated heterocycles. The molecule has 0 aromatic carbocycles. The number of ether oxygens (including phenoxy) is 1. The van der Waals surface area contributed by atoms with Crippen LogP contribution in [0, 0.1) is 5.92 Å². The average molecular weight is 307 g/mol. The molecule has 0 radical (unpaired) electrons. The van der Waals surface area contributed by atoms with Gasteiger partial charge in [-0.3, -0.25) is 9.36 Å². The normalized spacial score (nSPS) is 12.5. The van der Waals surface area contributed by atoms with Gasteiger partial charge in [-0.1, -0.05) is 44.0 Å². The molecule has 106 valence electrons. The van der Waals surface area contributed by atoms with Gasteiger partial charge in [-0.05, 0) is 12.3 Å². The third-order valence-corrected chi connectivity index (χ3v) is 2.84. The molecule has 7 heteroatoms. The first kappa shape index (κ1) is 16.0. The number of esters is 1. The van der Waals surface area contributed by atoms with Crippen molar-refractivity contribution in [2.24, 2.45) is 5.92 Å². The quantitative estimate of drug-likeness (QED) is 0.785. The summed E-state index contributed by atoms with van der Waals surface area (Å²) in [7, 11) is 0. The highest BCUT2D eigenvalue weighted by molar-refractivity contribution is 6.32. The first-order valence-corrected chi connectivity index (χ1v) is 6.73. The molecule has 1 aromatic heterocycles. The fraction of sp³-hybridized carbons (Fsp3) is 0.583. The Labute approximate surface area is 121 Å². The molecule has 0 aliphatic rings. The fourth-order valence-corrected chi connectivity index (χ4v) is 1.93. The summed E-state index contributed by atoms with van der Waals surface area (Å²) in [4.78, 5) is 27.5. The lowest BCUT2D eigenvalue weighted by atomic mass is 10.2. The maximum atomic E-state index is 12.0. The fourth-order valence-electron chi connectivity index (χ4n) is 1.50. The molecule has 0 aliphatic heterocycles. The second-order valence-corrected chi connectivity index (χ2v) is 5.26. The molecule has 0 spiro atoms. The number of nitrogens with zero attached hydrogens (tertiary/aromatic N) is 2. The molecule has 0 fully saturated rings. The zero-order valence-corrected chi connectivity index (χ0v) is 12.5. The maximum absolute atomic E-state index is 12.0. The summed E-state index contributed by atoms with van der Waals surface area (Å²) in [5.41, 5.74) is -0.556. The minimum absolute atomic E-state index is 0.0553. The summed E-state index contributed by atoms with van der Waals surface area (Å²) in [5.74, 6) is -0.251. The minimum Gasteiger partial charge on any atom is -0.464 e. The molecule has 1 heterocycles. The highest BCUT2D eigenvalue weighted by Gasteiger charge is 2.23. The standard InChI is InChI=1S/C12H16Cl2N2O3/c1-4-8(12(18)19-6-7(2)3)16-5-9(13)15-10(14)11(16)17/h5,7-8H,4,6H2,1-3H3. The Balaban J connectivity index is 3.03. The average Bonchev–Trinajstić information content (AvgIpc) is 2.33. The molecule has 19 heavy (non-hydrogen) atoms. The monoisotopic (exact) mass is 306 g/mol. The molecule has 1 atom stereocenters. The molecular formula is C12H16Cl2N2O3. The number of hydrogen-bond donors (Lipinski definition) is 0. The Kier molecular flexibility index (Phi) is 5.82. The van der Waals surface area contributed by atoms with Gasteiger partial charge < -0.3 is 4.74 Å². The summed E-state index contributed by atoms with van der Waals surface area (Å²) >= 11 is 11.4. The van der Waals surface area contributed by atoms with E-state index in [1.165, 1.54) is 10.8 Å². The van der Waals surface area contributed by atoms with E-state index in [1.807, 2.05) is 13.8 Å². The highest BCUT2D eigenvalue weighted by atomic mass is 35.5. The van der Waals surface area contributed by atoms with Gasteiger partial charge in [0, 0.05) is 6.20 Å². The van der Waals surface area contributed by atoms with Crippen molar-refractivity contribution in [3.05, 3.63) is 26.9 Å². The van der Waals surface area contributed by atoms with E-state index in [0.717, 1.165) is 0 Å². The lowest BCUT2D eigenvalue weighted by molar-refractivity contribution is -0.149. The van der Waals surface area contributed by atoms with Crippen molar-refractivity contribution in [3.63, 3.8) is 0 Å². The van der Waals surface area contributed by atoms with Crippen molar-refractivity contribution >= 4 is 29.2 Å². The van der Waals surface area contributed by atoms with Crippen LogP contribution in [0.4, 0.5) is 0 Å². The van der Waals surface area contributed by atoms with Gasteiger partial charge in [0.2, 0.25) is 0 Å². The molecule has 1 unspecified atom stereocenters. The van der Waals surface area contributed by atoms with Crippen LogP contribution in [-0.4, -0.2) is 22.1 Å². The zero-order valence-electron chi connectivity index (χ0n) is 11.0. The second kappa shape index (κ2) is 6.91. The third-order valence-electron chi connectivity index (χ3n) is 2.42. The van der Waals surface area contributed by atoms with Gasteiger partial charge in [-0.15, -0.1) is 0 Å². The van der Waals surface area contributed by atoms with Crippen molar-refractivity contribution < 1.29 is 9.53 Å². The summed E-state index contributed by atoms with van der Waals surface area (Å²) in [5, 5.41) is -0.206. The molecule has 1 rings (SSSR count). The van der Waals surface area contributed by atoms with Gasteiger partial charge in [0.05, 0.1) is 6.61 Å². The van der Waals surface area contributed by atoms with Crippen LogP contribution in [0.25, 0.3) is 0 Å². The van der Waals surface area contributed by atoms with E-state index in [4.69, 9.17) is 27.9 Å². The van der Waals surface area contributed by atoms with Crippen molar-refractivity contribution in [2.45, 2.75) is 33.2 Å². The molecule has 0 saturated carbocycles. The van der Waals surface area contributed by atoms with Gasteiger partial charge >= 0.3 is 5.97 Å². The smallest absolute Gasteiger partial charge is 0.329 e. The summed E-state index contributed by atoms with van der Waals surface area (Å²) < 4.78 is 6.31. The third kappa shape index (κ3) is 4.21. The molecule has 0 bridgehead atoms. The van der Waals surface area contributed by atoms with Crippen molar-refractivity contribution in [1.29, 1.82) is 0 Å². The van der Waals surface area contributed by atoms with Gasteiger partial charge in [0.25, 0.3) is 5.56 Å². The van der Waals surface area contributed by atoms with Gasteiger partial charge in [-0.25, -0.2) is 9.78 Å². The van der Waals surface area contributed by atoms with E-state index in [2.05, 4.69) is 4.98 Å². The van der Waals surface area contributed by atoms with Crippen LogP contribution in [0.15, 0.2) is 11.0 Å². The van der Waals surface area contributed by atoms with Crippen molar-refractivity contribution in [3.8, 4) is 0 Å². The molecule has 0 N–H and O–H groups in total. The van der Waals surface area contributed by atoms with Crippen LogP contribution >= 0.6 is 23.2 Å². The molecular weight excluding hydrogens is 291 g/mol. The number of hydrogen-bond acceptors (Lipinski definition) is 4. The van der Waals surface area contributed by atoms with Gasteiger partial charge in [0.15, 0.2) is 5.15 Å². The van der Waals surface area contributed by atoms with Gasteiger partial charge in [0.1, 0.15) is 11.2 Å². The predicted octanol–water partition coefficient (Wildman–Crippen LogP) is 2.70. The van der Waals surface area contributed by atoms with E-state index < -0.39 is 17.6 Å². The molecule has 0 aliphatic carbocycles. The van der Waals surface area contributed by atoms with E-state index >= 15 is 0 Å². The number of carbonyl (C=O) groups excluding carboxylic acids is 1. The predicted molar refractivity (Wildman–Crippen MR) is 73.6 cm³/mol. The summed E-state index contributed by atoms with van der Waals surface area (Å²) in [6.45, 7) is 5.94. The van der Waals surface area contributed by atoms with Crippen LogP contribution in [0.5, 0.6) is 0 Å². The van der Waals surface area contributed by atoms with Crippen LogP contribution in [0.3, 0.4) is 0 Å². The SMILES string of the molecule is CCC(C(=O)OCC(C)C)n1cc(Cl)nc(Cl)c1=O. The Bertz CT molecular complexity index is 514. The topological polar surface area (TPSA) is 61.2 Å². The Morgan fingerprint density at radius 3 is 2.63 bits per heavy atom. The van der Waals surface area contributed by atoms with Crippen LogP contribution in [-0.2, 0) is 9.53 Å². The number of rotatable bonds is 5. The zero-order chi connectivity index (χ0) is 14.6. The van der Waals surface area contributed by atoms with E-state index in [9.17, 15) is 9.59 Å². The van der Waals surface area contributed by atoms with Gasteiger partial charge in [-0.2, -0.15) is 0 Å². The van der Waals surface area contributed by atoms with E-state index in [-0.39, 0.29) is 16.2 Å². The van der Waals surface area contributed by atoms with Crippen LogP contribution in [0.2, 0.25) is 10.3 Å². The highest BCUT2D eigenvalue weighted by Crippen LogP contribution is 2.15. The number of halogens is 2. The molecule has 5 nitrogen and oxygen atoms in total. The van der Waals surface area contributed by atoms with E-state index in [0.29, 0.717) is 13.0 Å². The molecule has 1 aromatic rings. The summed E-state index contributed by atoms with van der Waals surface area (Å²) in [6, 6.07) is -0.746. The largest absolute Gasteiger partial charge is 0.464 e. The van der Waals surface area contributed by atoms with E-state index in [1.54, 1.807) is 6.92 Å².